The molecule has 0 aliphatic carbocycles. The van der Waals surface area contributed by atoms with E-state index in [0.29, 0.717) is 17.9 Å². The number of fused-ring (bicyclic) bond motifs is 5. The first kappa shape index (κ1) is 43.8. The number of rotatable bonds is 9. The first-order valence-corrected chi connectivity index (χ1v) is 18.4. The summed E-state index contributed by atoms with van der Waals surface area (Å²) in [4.78, 5) is 57.0. The van der Waals surface area contributed by atoms with E-state index in [2.05, 4.69) is 11.9 Å². The molecule has 15 nitrogen and oxygen atoms in total. The molecule has 3 amide bonds. The van der Waals surface area contributed by atoms with Gasteiger partial charge in [-0.2, -0.15) is 0 Å². The molecule has 2 fully saturated rings. The van der Waals surface area contributed by atoms with Gasteiger partial charge in [0.15, 0.2) is 5.72 Å². The van der Waals surface area contributed by atoms with Crippen molar-refractivity contribution in [2.75, 3.05) is 33.2 Å². The van der Waals surface area contributed by atoms with E-state index in [4.69, 9.17) is 46.4 Å². The SMILES string of the molecule is C=C/C=C(C(=O)N(C)[C@@H](C)C(=O)O[C@H]1CC(=O)N(C)c2cc(cc(OC)c2Cl)C/C(C)=C/C=C/[C@@H](OC)[C@@]2(O)C[C@H](OC(=O)N2)[C@@H](C)[C@@H]2O[C@@]12C)\C(N)=C/C=N. The Balaban J connectivity index is 1.77. The zero-order chi connectivity index (χ0) is 41.7. The van der Waals surface area contributed by atoms with Crippen LogP contribution < -0.4 is 20.7 Å². The number of ether oxygens (including phenoxy) is 5. The summed E-state index contributed by atoms with van der Waals surface area (Å²) in [5.41, 5.74) is 4.91. The summed E-state index contributed by atoms with van der Waals surface area (Å²) < 4.78 is 29.2. The van der Waals surface area contributed by atoms with E-state index in [9.17, 15) is 24.3 Å². The molecule has 2 saturated heterocycles. The highest BCUT2D eigenvalue weighted by Gasteiger charge is 2.64. The van der Waals surface area contributed by atoms with Gasteiger partial charge in [-0.25, -0.2) is 9.59 Å². The van der Waals surface area contributed by atoms with Crippen LogP contribution in [0, 0.1) is 11.3 Å². The molecule has 1 aromatic carbocycles. The van der Waals surface area contributed by atoms with Crippen LogP contribution in [0.4, 0.5) is 10.5 Å². The summed E-state index contributed by atoms with van der Waals surface area (Å²) in [7, 11) is 5.82. The van der Waals surface area contributed by atoms with E-state index in [0.717, 1.165) is 22.3 Å². The van der Waals surface area contributed by atoms with Crippen LogP contribution in [0.5, 0.6) is 5.75 Å². The van der Waals surface area contributed by atoms with Gasteiger partial charge in [0.1, 0.15) is 40.7 Å². The quantitative estimate of drug-likeness (QED) is 0.0920. The highest BCUT2D eigenvalue weighted by molar-refractivity contribution is 6.35. The molecule has 0 unspecified atom stereocenters. The van der Waals surface area contributed by atoms with Gasteiger partial charge in [0.2, 0.25) is 5.91 Å². The predicted molar refractivity (Wildman–Crippen MR) is 210 cm³/mol. The normalized spacial score (nSPS) is 30.6. The Kier molecular flexibility index (Phi) is 14.0. The Bertz CT molecular complexity index is 1860. The van der Waals surface area contributed by atoms with E-state index < -0.39 is 71.6 Å². The topological polar surface area (TPSA) is 206 Å². The van der Waals surface area contributed by atoms with Crippen LogP contribution >= 0.6 is 11.6 Å². The van der Waals surface area contributed by atoms with Crippen molar-refractivity contribution in [2.45, 2.75) is 88.7 Å². The second kappa shape index (κ2) is 17.9. The number of benzene rings is 1. The minimum Gasteiger partial charge on any atom is -0.495 e. The first-order chi connectivity index (χ1) is 26.3. The standard InChI is InChI=1S/C40H52ClN5O10/c1-10-12-26(27(43)15-16-42)36(48)45(6)24(4)37(49)55-32-20-33(47)46(7)28-18-25(19-29(52-8)34(28)41)17-22(2)13-11-14-31(53-9)40(51)21-30(54-38(50)44-40)23(3)35-39(32,5)56-35/h10-16,18-19,23-24,30-32,35,42,51H,1,17,20-21,43H2,2-9H3,(H,44,50)/b14-11+,22-13+,26-12+,27-15+,42-16?/t23-,24+,30+,31-,32+,35+,39+,40+/m1/s1. The van der Waals surface area contributed by atoms with Crippen LogP contribution in [0.3, 0.4) is 0 Å². The van der Waals surface area contributed by atoms with Crippen molar-refractivity contribution in [2.24, 2.45) is 11.7 Å². The summed E-state index contributed by atoms with van der Waals surface area (Å²) >= 11 is 6.76. The predicted octanol–water partition coefficient (Wildman–Crippen LogP) is 4.12. The summed E-state index contributed by atoms with van der Waals surface area (Å²) in [5, 5.41) is 21.8. The first-order valence-electron chi connectivity index (χ1n) is 18.0. The largest absolute Gasteiger partial charge is 0.495 e. The molecule has 1 aromatic rings. The number of allylic oxidation sites excluding steroid dienone is 6. The third-order valence-corrected chi connectivity index (χ3v) is 10.9. The number of nitrogens with two attached hydrogens (primary N) is 1. The van der Waals surface area contributed by atoms with Gasteiger partial charge in [-0.1, -0.05) is 55.0 Å². The van der Waals surface area contributed by atoms with Crippen molar-refractivity contribution < 1.29 is 48.0 Å². The molecule has 16 heteroatoms. The molecule has 3 aliphatic heterocycles. The molecule has 4 bridgehead atoms. The van der Waals surface area contributed by atoms with Gasteiger partial charge in [-0.15, -0.1) is 0 Å². The molecule has 8 atom stereocenters. The molecule has 304 valence electrons. The van der Waals surface area contributed by atoms with Gasteiger partial charge in [0.05, 0.1) is 30.9 Å². The van der Waals surface area contributed by atoms with Gasteiger partial charge < -0.3 is 49.7 Å². The van der Waals surface area contributed by atoms with E-state index in [1.165, 1.54) is 51.3 Å². The number of epoxide rings is 1. The zero-order valence-electron chi connectivity index (χ0n) is 33.0. The Morgan fingerprint density at radius 3 is 2.59 bits per heavy atom. The zero-order valence-corrected chi connectivity index (χ0v) is 33.7. The van der Waals surface area contributed by atoms with Gasteiger partial charge in [0, 0.05) is 45.5 Å². The molecular formula is C40H52ClN5O10. The molecule has 0 aromatic heterocycles. The number of nitrogens with one attached hydrogen (secondary N) is 2. The lowest BCUT2D eigenvalue weighted by Crippen LogP contribution is -2.63. The average molecular weight is 798 g/mol. The van der Waals surface area contributed by atoms with Crippen LogP contribution in [-0.2, 0) is 39.8 Å². The van der Waals surface area contributed by atoms with Crippen molar-refractivity contribution in [1.82, 2.24) is 10.2 Å². The van der Waals surface area contributed by atoms with Gasteiger partial charge in [-0.05, 0) is 57.0 Å². The van der Waals surface area contributed by atoms with Crippen LogP contribution in [0.2, 0.25) is 5.02 Å². The minimum absolute atomic E-state index is 0.00338. The Labute approximate surface area is 332 Å². The van der Waals surface area contributed by atoms with E-state index in [-0.39, 0.29) is 29.1 Å². The van der Waals surface area contributed by atoms with Crippen molar-refractivity contribution in [3.8, 4) is 5.75 Å². The monoisotopic (exact) mass is 797 g/mol. The Morgan fingerprint density at radius 2 is 1.96 bits per heavy atom. The number of aliphatic hydroxyl groups is 1. The Hall–Kier alpha value is -4.96. The lowest BCUT2D eigenvalue weighted by molar-refractivity contribution is -0.161. The molecular weight excluding hydrogens is 746 g/mol. The number of halogens is 1. The summed E-state index contributed by atoms with van der Waals surface area (Å²) in [6.07, 6.45) is 5.38. The number of nitrogens with zero attached hydrogens (tertiary/aromatic N) is 2. The number of amides is 3. The third-order valence-electron chi connectivity index (χ3n) is 10.5. The highest BCUT2D eigenvalue weighted by atomic mass is 35.5. The highest BCUT2D eigenvalue weighted by Crippen LogP contribution is 2.49. The van der Waals surface area contributed by atoms with Crippen LogP contribution in [0.1, 0.15) is 46.1 Å². The van der Waals surface area contributed by atoms with Crippen molar-refractivity contribution in [3.05, 3.63) is 82.6 Å². The number of methoxy groups -OCH3 is 2. The average Bonchev–Trinajstić information content (AvgIpc) is 3.85. The maximum absolute atomic E-state index is 14.2. The molecule has 0 saturated carbocycles. The molecule has 3 aliphatic rings. The molecule has 5 N–H and O–H groups in total. The third kappa shape index (κ3) is 9.35. The Morgan fingerprint density at radius 1 is 1.27 bits per heavy atom. The lowest BCUT2D eigenvalue weighted by Gasteiger charge is -2.42. The van der Waals surface area contributed by atoms with Crippen molar-refractivity contribution in [3.63, 3.8) is 0 Å². The number of anilines is 1. The number of alkyl carbamates (subject to hydrolysis) is 1. The fourth-order valence-electron chi connectivity index (χ4n) is 6.96. The fourth-order valence-corrected chi connectivity index (χ4v) is 7.27. The molecule has 0 radical (unpaired) electrons. The number of likely N-dealkylation sites (N-methyl/N-ethyl adjacent to an activating group) is 1. The lowest BCUT2D eigenvalue weighted by atomic mass is 9.83. The molecule has 3 heterocycles. The summed E-state index contributed by atoms with van der Waals surface area (Å²) in [6.45, 7) is 10.4. The number of carbonyl (C=O) groups excluding carboxylic acids is 4. The van der Waals surface area contributed by atoms with Crippen LogP contribution in [0.15, 0.2) is 72.0 Å². The maximum Gasteiger partial charge on any atom is 0.409 e. The van der Waals surface area contributed by atoms with E-state index in [1.807, 2.05) is 13.0 Å². The number of hydrogen-bond donors (Lipinski definition) is 4. The summed E-state index contributed by atoms with van der Waals surface area (Å²) in [5.74, 6) is -2.21. The number of carbonyl (C=O) groups is 4. The summed E-state index contributed by atoms with van der Waals surface area (Å²) in [6, 6.07) is 2.36. The number of hydrogen-bond acceptors (Lipinski definition) is 12. The van der Waals surface area contributed by atoms with E-state index >= 15 is 0 Å². The second-order valence-corrected chi connectivity index (χ2v) is 14.8. The van der Waals surface area contributed by atoms with E-state index in [1.54, 1.807) is 45.2 Å². The van der Waals surface area contributed by atoms with Crippen molar-refractivity contribution in [1.29, 1.82) is 5.41 Å². The van der Waals surface area contributed by atoms with Crippen LogP contribution in [0.25, 0.3) is 0 Å². The molecule has 4 rings (SSSR count). The molecule has 56 heavy (non-hydrogen) atoms. The van der Waals surface area contributed by atoms with Gasteiger partial charge in [-0.3, -0.25) is 14.9 Å². The van der Waals surface area contributed by atoms with Gasteiger partial charge in [0.25, 0.3) is 5.91 Å². The fraction of sp³-hybridized carbons (Fsp3) is 0.475. The van der Waals surface area contributed by atoms with Gasteiger partial charge >= 0.3 is 12.1 Å². The number of esters is 1. The van der Waals surface area contributed by atoms with Crippen molar-refractivity contribution >= 4 is 47.4 Å². The van der Waals surface area contributed by atoms with Crippen LogP contribution in [-0.4, -0.2) is 110 Å². The smallest absolute Gasteiger partial charge is 0.409 e. The minimum atomic E-state index is -1.86. The maximum atomic E-state index is 14.2. The molecule has 0 spiro atoms. The second-order valence-electron chi connectivity index (χ2n) is 14.4.